The highest BCUT2D eigenvalue weighted by Crippen LogP contribution is 2.03. The summed E-state index contributed by atoms with van der Waals surface area (Å²) in [6.07, 6.45) is 0. The van der Waals surface area contributed by atoms with Crippen LogP contribution in [0.25, 0.3) is 0 Å². The lowest BCUT2D eigenvalue weighted by Gasteiger charge is -2.34. The molecule has 0 amide bonds. The fourth-order valence-corrected chi connectivity index (χ4v) is 1.44. The van der Waals surface area contributed by atoms with Crippen LogP contribution in [0.3, 0.4) is 0 Å². The maximum Gasteiger partial charge on any atom is 0.399 e. The summed E-state index contributed by atoms with van der Waals surface area (Å²) >= 11 is 1.26. The maximum atomic E-state index is 9.48. The molecule has 0 aromatic carbocycles. The van der Waals surface area contributed by atoms with Gasteiger partial charge in [-0.15, -0.1) is 0 Å². The summed E-state index contributed by atoms with van der Waals surface area (Å²) in [6.45, 7) is 14.2. The summed E-state index contributed by atoms with van der Waals surface area (Å²) < 4.78 is 0.502. The standard InChI is InChI=1S/C8H20N.CHIO4/c1-5-9(6-2,7-3)8-4;2-1(3)5-6-4/h5-8H2,1-4H3;4H/q+1;/p-1. The molecule has 0 aliphatic rings. The molecule has 0 spiro atoms. The van der Waals surface area contributed by atoms with Crippen molar-refractivity contribution < 1.29 is 24.5 Å². The zero-order valence-corrected chi connectivity index (χ0v) is 11.9. The van der Waals surface area contributed by atoms with Crippen LogP contribution in [0.5, 0.6) is 0 Å². The first-order valence-corrected chi connectivity index (χ1v) is 6.10. The molecule has 15 heavy (non-hydrogen) atoms. The van der Waals surface area contributed by atoms with Gasteiger partial charge in [0.05, 0.1) is 48.8 Å². The quantitative estimate of drug-likeness (QED) is 0.252. The molecule has 0 fully saturated rings. The van der Waals surface area contributed by atoms with Crippen LogP contribution in [-0.4, -0.2) is 34.6 Å². The molecule has 0 radical (unpaired) electrons. The molecule has 0 aliphatic carbocycles. The number of quaternary nitrogens is 1. The molecular weight excluding hydrogens is 313 g/mol. The van der Waals surface area contributed by atoms with E-state index < -0.39 is 3.98 Å². The summed E-state index contributed by atoms with van der Waals surface area (Å²) in [5, 5.41) is 11.5. The summed E-state index contributed by atoms with van der Waals surface area (Å²) in [4.78, 5) is 12.8. The van der Waals surface area contributed by atoms with Crippen LogP contribution in [0.1, 0.15) is 27.7 Å². The van der Waals surface area contributed by atoms with Gasteiger partial charge in [0.15, 0.2) is 0 Å². The minimum atomic E-state index is -0.775. The van der Waals surface area contributed by atoms with E-state index in [0.717, 1.165) is 0 Å². The highest BCUT2D eigenvalue weighted by atomic mass is 127. The van der Waals surface area contributed by atoms with Gasteiger partial charge < -0.3 is 9.74 Å². The second-order valence-corrected chi connectivity index (χ2v) is 3.88. The molecule has 92 valence electrons. The van der Waals surface area contributed by atoms with Gasteiger partial charge in [-0.3, -0.25) is 4.89 Å². The third kappa shape index (κ3) is 9.04. The van der Waals surface area contributed by atoms with Crippen LogP contribution in [0, 0.1) is 0 Å². The second kappa shape index (κ2) is 10.6. The van der Waals surface area contributed by atoms with Crippen molar-refractivity contribution in [2.24, 2.45) is 0 Å². The van der Waals surface area contributed by atoms with Crippen LogP contribution in [0.4, 0.5) is 4.79 Å². The van der Waals surface area contributed by atoms with Gasteiger partial charge in [0.1, 0.15) is 0 Å². The fraction of sp³-hybridized carbons (Fsp3) is 0.889. The number of hydrogen-bond donors (Lipinski definition) is 0. The van der Waals surface area contributed by atoms with E-state index in [1.165, 1.54) is 53.3 Å². The molecule has 0 atom stereocenters. The van der Waals surface area contributed by atoms with E-state index in [0.29, 0.717) is 0 Å². The SMILES string of the molecule is CC[N+](CC)(CC)CC.O=C(I)OO[O-]. The van der Waals surface area contributed by atoms with E-state index in [9.17, 15) is 4.79 Å². The fourth-order valence-electron chi connectivity index (χ4n) is 1.37. The highest BCUT2D eigenvalue weighted by Gasteiger charge is 2.16. The number of hydrogen-bond acceptors (Lipinski definition) is 4. The van der Waals surface area contributed by atoms with Crippen molar-refractivity contribution in [2.75, 3.05) is 26.2 Å². The van der Waals surface area contributed by atoms with Crippen LogP contribution in [-0.2, 0) is 9.93 Å². The lowest BCUT2D eigenvalue weighted by molar-refractivity contribution is -0.921. The molecule has 0 aromatic heterocycles. The Morgan fingerprint density at radius 3 is 1.47 bits per heavy atom. The van der Waals surface area contributed by atoms with E-state index in [1.807, 2.05) is 0 Å². The smallest absolute Gasteiger partial charge is 0.399 e. The number of rotatable bonds is 5. The minimum Gasteiger partial charge on any atom is -0.681 e. The highest BCUT2D eigenvalue weighted by molar-refractivity contribution is 14.1. The van der Waals surface area contributed by atoms with Crippen molar-refractivity contribution in [1.29, 1.82) is 0 Å². The van der Waals surface area contributed by atoms with Crippen molar-refractivity contribution in [1.82, 2.24) is 0 Å². The Balaban J connectivity index is 0. The zero-order chi connectivity index (χ0) is 12.3. The Morgan fingerprint density at radius 2 is 1.47 bits per heavy atom. The average molecular weight is 333 g/mol. The van der Waals surface area contributed by atoms with E-state index >= 15 is 0 Å². The molecule has 0 saturated carbocycles. The first-order valence-electron chi connectivity index (χ1n) is 5.02. The van der Waals surface area contributed by atoms with E-state index in [2.05, 4.69) is 37.6 Å². The summed E-state index contributed by atoms with van der Waals surface area (Å²) in [6, 6.07) is 0. The monoisotopic (exact) mass is 333 g/mol. The van der Waals surface area contributed by atoms with Crippen molar-refractivity contribution in [3.63, 3.8) is 0 Å². The normalized spacial score (nSPS) is 10.3. The number of carbonyl (C=O) groups excluding carboxylic acids is 1. The van der Waals surface area contributed by atoms with Crippen molar-refractivity contribution >= 4 is 26.6 Å². The van der Waals surface area contributed by atoms with Gasteiger partial charge in [-0.1, -0.05) is 0 Å². The Labute approximate surface area is 105 Å². The molecule has 6 heteroatoms. The van der Waals surface area contributed by atoms with Crippen LogP contribution < -0.4 is 5.26 Å². The Morgan fingerprint density at radius 1 is 1.13 bits per heavy atom. The summed E-state index contributed by atoms with van der Waals surface area (Å²) in [5.74, 6) is 0. The lowest BCUT2D eigenvalue weighted by Crippen LogP contribution is -2.47. The molecule has 0 rings (SSSR count). The molecule has 0 aromatic rings. The third-order valence-electron chi connectivity index (χ3n) is 2.78. The predicted molar refractivity (Wildman–Crippen MR) is 64.0 cm³/mol. The summed E-state index contributed by atoms with van der Waals surface area (Å²) in [5.41, 5.74) is 0. The summed E-state index contributed by atoms with van der Waals surface area (Å²) in [7, 11) is 0. The molecule has 0 aliphatic heterocycles. The van der Waals surface area contributed by atoms with Gasteiger partial charge in [0, 0.05) is 0 Å². The van der Waals surface area contributed by atoms with E-state index in [4.69, 9.17) is 5.26 Å². The molecule has 0 heterocycles. The molecule has 0 N–H and O–H groups in total. The molecule has 5 nitrogen and oxygen atoms in total. The number of carbonyl (C=O) groups is 1. The van der Waals surface area contributed by atoms with Crippen LogP contribution in [0.2, 0.25) is 0 Å². The van der Waals surface area contributed by atoms with Crippen LogP contribution in [0.15, 0.2) is 0 Å². The predicted octanol–water partition coefficient (Wildman–Crippen LogP) is 1.65. The zero-order valence-electron chi connectivity index (χ0n) is 9.79. The van der Waals surface area contributed by atoms with E-state index in [-0.39, 0.29) is 0 Å². The molecular formula is C9H20INO4. The lowest BCUT2D eigenvalue weighted by atomic mass is 10.3. The number of nitrogens with zero attached hydrogens (tertiary/aromatic N) is 1. The Hall–Kier alpha value is 0.0800. The third-order valence-corrected chi connectivity index (χ3v) is 2.96. The first kappa shape index (κ1) is 17.5. The van der Waals surface area contributed by atoms with Gasteiger partial charge in [-0.2, -0.15) is 0 Å². The van der Waals surface area contributed by atoms with Gasteiger partial charge in [-0.05, 0) is 27.7 Å². The topological polar surface area (TPSA) is 58.6 Å². The Bertz CT molecular complexity index is 145. The van der Waals surface area contributed by atoms with Gasteiger partial charge in [0.25, 0.3) is 0 Å². The molecule has 0 saturated heterocycles. The van der Waals surface area contributed by atoms with E-state index in [1.54, 1.807) is 0 Å². The second-order valence-electron chi connectivity index (χ2n) is 3.00. The molecule has 0 unspecified atom stereocenters. The van der Waals surface area contributed by atoms with Crippen molar-refractivity contribution in [3.05, 3.63) is 0 Å². The minimum absolute atomic E-state index is 0.775. The van der Waals surface area contributed by atoms with Crippen molar-refractivity contribution in [3.8, 4) is 0 Å². The van der Waals surface area contributed by atoms with Gasteiger partial charge >= 0.3 is 3.98 Å². The van der Waals surface area contributed by atoms with Crippen molar-refractivity contribution in [2.45, 2.75) is 27.7 Å². The average Bonchev–Trinajstić information content (AvgIpc) is 2.23. The Kier molecular flexibility index (Phi) is 12.3. The largest absolute Gasteiger partial charge is 0.681 e. The molecule has 0 bridgehead atoms. The first-order chi connectivity index (χ1) is 7.01. The maximum absolute atomic E-state index is 9.48. The van der Waals surface area contributed by atoms with Gasteiger partial charge in [-0.25, -0.2) is 9.83 Å². The number of halogens is 1. The van der Waals surface area contributed by atoms with Gasteiger partial charge in [0.2, 0.25) is 0 Å². The van der Waals surface area contributed by atoms with Crippen LogP contribution >= 0.6 is 22.6 Å².